The predicted molar refractivity (Wildman–Crippen MR) is 137 cm³/mol. The van der Waals surface area contributed by atoms with E-state index in [0.29, 0.717) is 17.6 Å². The molecule has 3 heterocycles. The zero-order valence-electron chi connectivity index (χ0n) is 18.2. The molecule has 1 saturated heterocycles. The molecular formula is C27H24N2O2S2. The van der Waals surface area contributed by atoms with Crippen LogP contribution in [0.2, 0.25) is 0 Å². The first-order valence-electron chi connectivity index (χ1n) is 11.4. The molecule has 0 unspecified atom stereocenters. The van der Waals surface area contributed by atoms with Gasteiger partial charge in [-0.1, -0.05) is 66.4 Å². The molecule has 166 valence electrons. The van der Waals surface area contributed by atoms with Crippen LogP contribution in [-0.4, -0.2) is 38.4 Å². The topological polar surface area (TPSA) is 42.3 Å². The highest BCUT2D eigenvalue weighted by Gasteiger charge is 2.35. The Bertz CT molecular complexity index is 1350. The van der Waals surface area contributed by atoms with Crippen molar-refractivity contribution in [1.29, 1.82) is 0 Å². The van der Waals surface area contributed by atoms with Crippen molar-refractivity contribution in [3.8, 4) is 11.1 Å². The van der Waals surface area contributed by atoms with Crippen LogP contribution in [0.1, 0.15) is 39.5 Å². The molecule has 2 aliphatic heterocycles. The van der Waals surface area contributed by atoms with Crippen molar-refractivity contribution in [3.63, 3.8) is 0 Å². The molecule has 2 bridgehead atoms. The highest BCUT2D eigenvalue weighted by atomic mass is 32.2. The summed E-state index contributed by atoms with van der Waals surface area (Å²) >= 11 is 7.21. The summed E-state index contributed by atoms with van der Waals surface area (Å²) in [6.07, 6.45) is 1.99. The Labute approximate surface area is 202 Å². The Morgan fingerprint density at radius 2 is 1.82 bits per heavy atom. The number of carbonyl (C=O) groups excluding carboxylic acids is 1. The third-order valence-electron chi connectivity index (χ3n) is 7.18. The highest BCUT2D eigenvalue weighted by molar-refractivity contribution is 8.23. The van der Waals surface area contributed by atoms with E-state index in [1.807, 2.05) is 16.7 Å². The van der Waals surface area contributed by atoms with Crippen molar-refractivity contribution in [2.45, 2.75) is 25.3 Å². The largest absolute Gasteiger partial charge is 0.356 e. The minimum atomic E-state index is 0.0932. The van der Waals surface area contributed by atoms with E-state index in [9.17, 15) is 9.59 Å². The zero-order valence-corrected chi connectivity index (χ0v) is 19.8. The Balaban J connectivity index is 1.11. The Kier molecular flexibility index (Phi) is 5.23. The molecule has 3 aliphatic rings. The number of thiocarbonyl (C=S) groups is 1. The molecule has 0 N–H and O–H groups in total. The van der Waals surface area contributed by atoms with Crippen molar-refractivity contribution in [2.75, 3.05) is 18.8 Å². The van der Waals surface area contributed by atoms with E-state index in [2.05, 4.69) is 47.4 Å². The number of aromatic nitrogens is 1. The van der Waals surface area contributed by atoms with Gasteiger partial charge in [0.05, 0.1) is 5.75 Å². The molecule has 1 fully saturated rings. The molecule has 33 heavy (non-hydrogen) atoms. The number of Topliss-reactive ketones (excluding diaryl/α,β-unsaturated/α-hetero) is 1. The van der Waals surface area contributed by atoms with Crippen LogP contribution >= 0.6 is 24.0 Å². The average molecular weight is 473 g/mol. The van der Waals surface area contributed by atoms with Crippen molar-refractivity contribution >= 4 is 34.1 Å². The van der Waals surface area contributed by atoms with Gasteiger partial charge < -0.3 is 9.47 Å². The molecule has 1 aliphatic carbocycles. The molecule has 6 heteroatoms. The van der Waals surface area contributed by atoms with E-state index in [0.717, 1.165) is 48.1 Å². The summed E-state index contributed by atoms with van der Waals surface area (Å²) in [5, 5.41) is 0. The number of benzene rings is 2. The summed E-state index contributed by atoms with van der Waals surface area (Å²) in [5.41, 5.74) is 7.05. The van der Waals surface area contributed by atoms with Crippen LogP contribution in [0, 0.1) is 5.92 Å². The summed E-state index contributed by atoms with van der Waals surface area (Å²) in [6, 6.07) is 20.1. The van der Waals surface area contributed by atoms with Gasteiger partial charge in [0.1, 0.15) is 4.32 Å². The summed E-state index contributed by atoms with van der Waals surface area (Å²) < 4.78 is 2.72. The van der Waals surface area contributed by atoms with Crippen molar-refractivity contribution in [1.82, 2.24) is 9.47 Å². The molecule has 0 amide bonds. The number of rotatable bonds is 3. The SMILES string of the molecule is O=C(CSC(=S)N1C[C@H]2C[C@H](C1)c1cccc(=O)n1C2)c1ccc2c(c1)Cc1ccccc1-2. The maximum Gasteiger partial charge on any atom is 0.250 e. The number of hydrogen-bond donors (Lipinski definition) is 0. The third-order valence-corrected chi connectivity index (χ3v) is 8.70. The van der Waals surface area contributed by atoms with Gasteiger partial charge in [0.25, 0.3) is 5.56 Å². The maximum atomic E-state index is 13.0. The summed E-state index contributed by atoms with van der Waals surface area (Å²) in [6.45, 7) is 2.43. The van der Waals surface area contributed by atoms with Crippen LogP contribution in [-0.2, 0) is 13.0 Å². The van der Waals surface area contributed by atoms with Crippen LogP contribution < -0.4 is 5.56 Å². The molecule has 3 aromatic rings. The first-order chi connectivity index (χ1) is 16.1. The van der Waals surface area contributed by atoms with Crippen LogP contribution in [0.15, 0.2) is 65.5 Å². The van der Waals surface area contributed by atoms with Gasteiger partial charge >= 0.3 is 0 Å². The van der Waals surface area contributed by atoms with Crippen LogP contribution in [0.4, 0.5) is 0 Å². The number of piperidine rings is 1. The van der Waals surface area contributed by atoms with Crippen molar-refractivity contribution in [2.24, 2.45) is 5.92 Å². The molecule has 4 nitrogen and oxygen atoms in total. The van der Waals surface area contributed by atoms with Crippen molar-refractivity contribution < 1.29 is 4.79 Å². The summed E-state index contributed by atoms with van der Waals surface area (Å²) in [7, 11) is 0. The molecule has 6 rings (SSSR count). The van der Waals surface area contributed by atoms with E-state index in [4.69, 9.17) is 12.2 Å². The number of likely N-dealkylation sites (tertiary alicyclic amines) is 1. The van der Waals surface area contributed by atoms with Crippen molar-refractivity contribution in [3.05, 3.63) is 93.4 Å². The fraction of sp³-hybridized carbons (Fsp3) is 0.296. The van der Waals surface area contributed by atoms with E-state index in [1.54, 1.807) is 6.07 Å². The van der Waals surface area contributed by atoms with Gasteiger partial charge in [0.2, 0.25) is 0 Å². The molecule has 2 aromatic carbocycles. The molecule has 0 saturated carbocycles. The van der Waals surface area contributed by atoms with Gasteiger partial charge in [0.15, 0.2) is 5.78 Å². The Morgan fingerprint density at radius 1 is 0.970 bits per heavy atom. The maximum absolute atomic E-state index is 13.0. The number of fused-ring (bicyclic) bond motifs is 7. The second kappa shape index (κ2) is 8.26. The molecule has 0 radical (unpaired) electrons. The standard InChI is InChI=1S/C27H24N2O2S2/c30-25(19-8-9-23-20(12-19)11-18-4-1-2-5-22(18)23)16-33-27(32)28-13-17-10-21(15-28)24-6-3-7-26(31)29(24)14-17/h1-9,12,17,21H,10-11,13-16H2/t17-,21-/m1/s1. The number of hydrogen-bond acceptors (Lipinski definition) is 4. The quantitative estimate of drug-likeness (QED) is 0.318. The van der Waals surface area contributed by atoms with Crippen LogP contribution in [0.25, 0.3) is 11.1 Å². The fourth-order valence-electron chi connectivity index (χ4n) is 5.67. The third kappa shape index (κ3) is 3.75. The zero-order chi connectivity index (χ0) is 22.5. The van der Waals surface area contributed by atoms with Gasteiger partial charge in [-0.25, -0.2) is 0 Å². The van der Waals surface area contributed by atoms with Gasteiger partial charge in [-0.15, -0.1) is 0 Å². The molecule has 0 spiro atoms. The molecular weight excluding hydrogens is 448 g/mol. The van der Waals surface area contributed by atoms with Gasteiger partial charge in [-0.3, -0.25) is 9.59 Å². The lowest BCUT2D eigenvalue weighted by molar-refractivity contribution is 0.102. The van der Waals surface area contributed by atoms with E-state index < -0.39 is 0 Å². The van der Waals surface area contributed by atoms with E-state index >= 15 is 0 Å². The van der Waals surface area contributed by atoms with Gasteiger partial charge in [-0.2, -0.15) is 0 Å². The lowest BCUT2D eigenvalue weighted by Gasteiger charge is -2.43. The number of ketones is 1. The predicted octanol–water partition coefficient (Wildman–Crippen LogP) is 4.74. The van der Waals surface area contributed by atoms with E-state index in [-0.39, 0.29) is 11.3 Å². The number of carbonyl (C=O) groups is 1. The monoisotopic (exact) mass is 472 g/mol. The number of pyridine rings is 1. The smallest absolute Gasteiger partial charge is 0.250 e. The lowest BCUT2D eigenvalue weighted by atomic mass is 9.83. The number of thioether (sulfide) groups is 1. The van der Waals surface area contributed by atoms with Gasteiger partial charge in [-0.05, 0) is 53.1 Å². The Hall–Kier alpha value is -2.70. The second-order valence-corrected chi connectivity index (χ2v) is 10.9. The van der Waals surface area contributed by atoms with E-state index in [1.165, 1.54) is 34.0 Å². The normalized spacial score (nSPS) is 20.1. The van der Waals surface area contributed by atoms with Crippen LogP contribution in [0.3, 0.4) is 0 Å². The number of nitrogens with zero attached hydrogens (tertiary/aromatic N) is 2. The second-order valence-electron chi connectivity index (χ2n) is 9.29. The summed E-state index contributed by atoms with van der Waals surface area (Å²) in [4.78, 5) is 27.4. The summed E-state index contributed by atoms with van der Waals surface area (Å²) in [5.74, 6) is 1.21. The molecule has 1 aromatic heterocycles. The van der Waals surface area contributed by atoms with Crippen LogP contribution in [0.5, 0.6) is 0 Å². The first-order valence-corrected chi connectivity index (χ1v) is 12.8. The Morgan fingerprint density at radius 3 is 2.73 bits per heavy atom. The minimum Gasteiger partial charge on any atom is -0.356 e. The van der Waals surface area contributed by atoms with Gasteiger partial charge in [0, 0.05) is 42.9 Å². The molecule has 2 atom stereocenters. The fourth-order valence-corrected chi connectivity index (χ4v) is 6.74. The highest BCUT2D eigenvalue weighted by Crippen LogP contribution is 2.38. The first kappa shape index (κ1) is 20.9. The minimum absolute atomic E-state index is 0.0932. The average Bonchev–Trinajstić information content (AvgIpc) is 3.21. The lowest BCUT2D eigenvalue weighted by Crippen LogP contribution is -2.48.